The van der Waals surface area contributed by atoms with Crippen LogP contribution in [0.2, 0.25) is 0 Å². The molecule has 6 heteroatoms. The highest BCUT2D eigenvalue weighted by Gasteiger charge is 2.22. The fraction of sp³-hybridized carbons (Fsp3) is 0.538. The number of hydrogen-bond acceptors (Lipinski definition) is 4. The summed E-state index contributed by atoms with van der Waals surface area (Å²) in [5.41, 5.74) is 5.71. The van der Waals surface area contributed by atoms with Crippen LogP contribution in [0.5, 0.6) is 0 Å². The second-order valence-electron chi connectivity index (χ2n) is 4.79. The Balaban J connectivity index is 2.02. The Morgan fingerprint density at radius 2 is 2.47 bits per heavy atom. The molecule has 104 valence electrons. The minimum absolute atomic E-state index is 0.0575. The van der Waals surface area contributed by atoms with Crippen LogP contribution < -0.4 is 11.1 Å². The number of pyridine rings is 1. The Morgan fingerprint density at radius 1 is 1.68 bits per heavy atom. The molecule has 1 aliphatic heterocycles. The SMILES string of the molecule is CCN1CCCC(NC(=O)c2cc(F)cnc2N)C1. The maximum absolute atomic E-state index is 13.1. The molecule has 19 heavy (non-hydrogen) atoms. The molecule has 1 saturated heterocycles. The predicted molar refractivity (Wildman–Crippen MR) is 71.2 cm³/mol. The summed E-state index contributed by atoms with van der Waals surface area (Å²) in [6.07, 6.45) is 2.99. The number of aromatic nitrogens is 1. The van der Waals surface area contributed by atoms with Crippen molar-refractivity contribution >= 4 is 11.7 Å². The van der Waals surface area contributed by atoms with Crippen molar-refractivity contribution in [3.63, 3.8) is 0 Å². The third-order valence-corrected chi connectivity index (χ3v) is 3.42. The summed E-state index contributed by atoms with van der Waals surface area (Å²) >= 11 is 0. The van der Waals surface area contributed by atoms with Gasteiger partial charge in [0.25, 0.3) is 5.91 Å². The summed E-state index contributed by atoms with van der Waals surface area (Å²) in [6.45, 7) is 4.95. The number of likely N-dealkylation sites (tertiary alicyclic amines) is 1. The van der Waals surface area contributed by atoms with Crippen LogP contribution in [-0.2, 0) is 0 Å². The number of nitrogens with one attached hydrogen (secondary N) is 1. The molecule has 1 aliphatic rings. The van der Waals surface area contributed by atoms with Gasteiger partial charge in [0.2, 0.25) is 0 Å². The molecular formula is C13H19FN4O. The largest absolute Gasteiger partial charge is 0.383 e. The Bertz CT molecular complexity index is 466. The highest BCUT2D eigenvalue weighted by atomic mass is 19.1. The van der Waals surface area contributed by atoms with E-state index in [0.29, 0.717) is 0 Å². The van der Waals surface area contributed by atoms with Gasteiger partial charge in [-0.3, -0.25) is 4.79 Å². The lowest BCUT2D eigenvalue weighted by Gasteiger charge is -2.32. The monoisotopic (exact) mass is 266 g/mol. The lowest BCUT2D eigenvalue weighted by Crippen LogP contribution is -2.47. The fourth-order valence-corrected chi connectivity index (χ4v) is 2.36. The van der Waals surface area contributed by atoms with E-state index >= 15 is 0 Å². The molecule has 3 N–H and O–H groups in total. The molecule has 1 fully saturated rings. The Kier molecular flexibility index (Phi) is 4.31. The first-order valence-corrected chi connectivity index (χ1v) is 6.54. The summed E-state index contributed by atoms with van der Waals surface area (Å²) in [7, 11) is 0. The zero-order chi connectivity index (χ0) is 13.8. The topological polar surface area (TPSA) is 71.2 Å². The molecule has 5 nitrogen and oxygen atoms in total. The minimum atomic E-state index is -0.557. The van der Waals surface area contributed by atoms with E-state index in [4.69, 9.17) is 5.73 Å². The van der Waals surface area contributed by atoms with E-state index in [-0.39, 0.29) is 23.3 Å². The fourth-order valence-electron chi connectivity index (χ4n) is 2.36. The first kappa shape index (κ1) is 13.7. The number of amides is 1. The van der Waals surface area contributed by atoms with E-state index in [0.717, 1.165) is 44.7 Å². The number of carbonyl (C=O) groups is 1. The molecule has 1 amide bonds. The van der Waals surface area contributed by atoms with E-state index in [2.05, 4.69) is 22.1 Å². The number of carbonyl (C=O) groups excluding carboxylic acids is 1. The van der Waals surface area contributed by atoms with Gasteiger partial charge in [0, 0.05) is 12.6 Å². The molecular weight excluding hydrogens is 247 g/mol. The normalized spacial score (nSPS) is 20.2. The van der Waals surface area contributed by atoms with E-state index in [9.17, 15) is 9.18 Å². The first-order valence-electron chi connectivity index (χ1n) is 6.54. The van der Waals surface area contributed by atoms with Gasteiger partial charge in [-0.25, -0.2) is 9.37 Å². The van der Waals surface area contributed by atoms with E-state index < -0.39 is 5.82 Å². The lowest BCUT2D eigenvalue weighted by atomic mass is 10.1. The maximum atomic E-state index is 13.1. The Hall–Kier alpha value is -1.69. The molecule has 0 radical (unpaired) electrons. The van der Waals surface area contributed by atoms with Gasteiger partial charge >= 0.3 is 0 Å². The molecule has 0 bridgehead atoms. The van der Waals surface area contributed by atoms with Crippen LogP contribution in [-0.4, -0.2) is 41.5 Å². The number of likely N-dealkylation sites (N-methyl/N-ethyl adjacent to an activating group) is 1. The second kappa shape index (κ2) is 5.97. The molecule has 0 aliphatic carbocycles. The molecule has 0 spiro atoms. The summed E-state index contributed by atoms with van der Waals surface area (Å²) in [6, 6.07) is 1.21. The third-order valence-electron chi connectivity index (χ3n) is 3.42. The third kappa shape index (κ3) is 3.41. The maximum Gasteiger partial charge on any atom is 0.255 e. The van der Waals surface area contributed by atoms with Crippen LogP contribution >= 0.6 is 0 Å². The molecule has 2 heterocycles. The van der Waals surface area contributed by atoms with Crippen molar-refractivity contribution in [3.8, 4) is 0 Å². The van der Waals surface area contributed by atoms with Crippen molar-refractivity contribution in [2.24, 2.45) is 0 Å². The van der Waals surface area contributed by atoms with Crippen LogP contribution in [0.4, 0.5) is 10.2 Å². The van der Waals surface area contributed by atoms with Crippen molar-refractivity contribution in [2.75, 3.05) is 25.4 Å². The average Bonchev–Trinajstić information content (AvgIpc) is 2.41. The van der Waals surface area contributed by atoms with E-state index in [1.165, 1.54) is 0 Å². The number of nitrogens with zero attached hydrogens (tertiary/aromatic N) is 2. The smallest absolute Gasteiger partial charge is 0.255 e. The Labute approximate surface area is 112 Å². The molecule has 1 atom stereocenters. The molecule has 0 aromatic carbocycles. The zero-order valence-corrected chi connectivity index (χ0v) is 11.0. The molecule has 0 saturated carbocycles. The first-order chi connectivity index (χ1) is 9.10. The number of anilines is 1. The van der Waals surface area contributed by atoms with Crippen LogP contribution in [0.25, 0.3) is 0 Å². The van der Waals surface area contributed by atoms with Gasteiger partial charge in [-0.2, -0.15) is 0 Å². The highest BCUT2D eigenvalue weighted by molar-refractivity contribution is 5.98. The minimum Gasteiger partial charge on any atom is -0.383 e. The summed E-state index contributed by atoms with van der Waals surface area (Å²) in [5, 5.41) is 2.90. The van der Waals surface area contributed by atoms with Crippen molar-refractivity contribution in [1.82, 2.24) is 15.2 Å². The van der Waals surface area contributed by atoms with Crippen molar-refractivity contribution in [1.29, 1.82) is 0 Å². The van der Waals surface area contributed by atoms with Crippen molar-refractivity contribution < 1.29 is 9.18 Å². The van der Waals surface area contributed by atoms with Crippen LogP contribution in [0.1, 0.15) is 30.1 Å². The number of halogens is 1. The van der Waals surface area contributed by atoms with E-state index in [1.807, 2.05) is 0 Å². The van der Waals surface area contributed by atoms with Gasteiger partial charge in [-0.15, -0.1) is 0 Å². The number of nitrogen functional groups attached to an aromatic ring is 1. The van der Waals surface area contributed by atoms with Gasteiger partial charge in [0.05, 0.1) is 11.8 Å². The number of hydrogen-bond donors (Lipinski definition) is 2. The van der Waals surface area contributed by atoms with Gasteiger partial charge in [-0.05, 0) is 32.0 Å². The number of nitrogens with two attached hydrogens (primary N) is 1. The van der Waals surface area contributed by atoms with Gasteiger partial charge < -0.3 is 16.0 Å². The van der Waals surface area contributed by atoms with Crippen LogP contribution in [0.15, 0.2) is 12.3 Å². The Morgan fingerprint density at radius 3 is 3.21 bits per heavy atom. The quantitative estimate of drug-likeness (QED) is 0.856. The second-order valence-corrected chi connectivity index (χ2v) is 4.79. The molecule has 1 aromatic rings. The highest BCUT2D eigenvalue weighted by Crippen LogP contribution is 2.13. The van der Waals surface area contributed by atoms with Gasteiger partial charge in [0.1, 0.15) is 11.6 Å². The lowest BCUT2D eigenvalue weighted by molar-refractivity contribution is 0.0906. The zero-order valence-electron chi connectivity index (χ0n) is 11.0. The summed E-state index contributed by atoms with van der Waals surface area (Å²) < 4.78 is 13.1. The standard InChI is InChI=1S/C13H19FN4O/c1-2-18-5-3-4-10(8-18)17-13(19)11-6-9(14)7-16-12(11)15/h6-7,10H,2-5,8H2,1H3,(H2,15,16)(H,17,19). The predicted octanol–water partition coefficient (Wildman–Crippen LogP) is 1.02. The van der Waals surface area contributed by atoms with Gasteiger partial charge in [0.15, 0.2) is 0 Å². The van der Waals surface area contributed by atoms with Gasteiger partial charge in [-0.1, -0.05) is 6.92 Å². The number of piperidine rings is 1. The van der Waals surface area contributed by atoms with Crippen LogP contribution in [0, 0.1) is 5.82 Å². The summed E-state index contributed by atoms with van der Waals surface area (Å²) in [4.78, 5) is 18.0. The van der Waals surface area contributed by atoms with E-state index in [1.54, 1.807) is 0 Å². The van der Waals surface area contributed by atoms with Crippen LogP contribution in [0.3, 0.4) is 0 Å². The number of rotatable bonds is 3. The molecule has 2 rings (SSSR count). The average molecular weight is 266 g/mol. The van der Waals surface area contributed by atoms with Crippen molar-refractivity contribution in [3.05, 3.63) is 23.6 Å². The van der Waals surface area contributed by atoms with Crippen molar-refractivity contribution in [2.45, 2.75) is 25.8 Å². The molecule has 1 unspecified atom stereocenters. The molecule has 1 aromatic heterocycles. The summed E-state index contributed by atoms with van der Waals surface area (Å²) in [5.74, 6) is -0.854.